The number of methoxy groups -OCH3 is 2. The van der Waals surface area contributed by atoms with Crippen molar-refractivity contribution in [3.63, 3.8) is 0 Å². The highest BCUT2D eigenvalue weighted by molar-refractivity contribution is 5.76. The third-order valence-corrected chi connectivity index (χ3v) is 3.02. The highest BCUT2D eigenvalue weighted by Gasteiger charge is 2.30. The molecule has 10 nitrogen and oxygen atoms in total. The van der Waals surface area contributed by atoms with Crippen LogP contribution in [0.1, 0.15) is 64.0 Å². The van der Waals surface area contributed by atoms with Gasteiger partial charge < -0.3 is 18.5 Å². The van der Waals surface area contributed by atoms with E-state index in [1.165, 1.54) is 14.2 Å². The molecule has 2 rings (SSSR count). The Bertz CT molecular complexity index is 736. The summed E-state index contributed by atoms with van der Waals surface area (Å²) in [4.78, 5) is 29.9. The first-order chi connectivity index (χ1) is 13.5. The maximum atomic E-state index is 11.4. The fraction of sp³-hybridized carbons (Fsp3) is 0.684. The summed E-state index contributed by atoms with van der Waals surface area (Å²) in [5.41, 5.74) is 0. The summed E-state index contributed by atoms with van der Waals surface area (Å²) >= 11 is 0. The zero-order chi connectivity index (χ0) is 22.6. The molecule has 0 amide bonds. The number of ether oxygens (including phenoxy) is 2. The fourth-order valence-corrected chi connectivity index (χ4v) is 1.83. The van der Waals surface area contributed by atoms with Crippen LogP contribution in [0.5, 0.6) is 0 Å². The van der Waals surface area contributed by atoms with E-state index in [1.54, 1.807) is 13.8 Å². The molecule has 0 fully saturated rings. The van der Waals surface area contributed by atoms with Crippen molar-refractivity contribution >= 4 is 11.9 Å². The number of nitrogens with zero attached hydrogens (tertiary/aromatic N) is 4. The molecule has 2 aromatic heterocycles. The summed E-state index contributed by atoms with van der Waals surface area (Å²) in [6.07, 6.45) is 0.0390. The molecule has 2 heterocycles. The van der Waals surface area contributed by atoms with E-state index in [0.29, 0.717) is 17.5 Å². The lowest BCUT2D eigenvalue weighted by Crippen LogP contribution is -2.19. The minimum Gasteiger partial charge on any atom is -0.469 e. The lowest BCUT2D eigenvalue weighted by Gasteiger charge is -2.13. The van der Waals surface area contributed by atoms with Crippen LogP contribution in [0.2, 0.25) is 0 Å². The largest absolute Gasteiger partial charge is 0.469 e. The number of aromatic nitrogens is 4. The monoisotopic (exact) mass is 412 g/mol. The molecular weight excluding hydrogens is 380 g/mol. The second-order valence-corrected chi connectivity index (χ2v) is 7.14. The molecule has 0 aromatic carbocycles. The second-order valence-electron chi connectivity index (χ2n) is 7.14. The van der Waals surface area contributed by atoms with Gasteiger partial charge in [0.1, 0.15) is 12.3 Å². The Morgan fingerprint density at radius 1 is 0.897 bits per heavy atom. The Balaban J connectivity index is 0.000000466. The SMILES string of the molecule is CC(C)C.COC(=O)C(c1nc(C)no1)C(C)C.COC(=O)Cc1nc(C)no1. The molecule has 0 saturated carbocycles. The fourth-order valence-electron chi connectivity index (χ4n) is 1.83. The molecule has 164 valence electrons. The molecule has 0 N–H and O–H groups in total. The van der Waals surface area contributed by atoms with Gasteiger partial charge in [0, 0.05) is 0 Å². The Kier molecular flexibility index (Phi) is 12.1. The minimum atomic E-state index is -0.471. The van der Waals surface area contributed by atoms with Crippen LogP contribution >= 0.6 is 0 Å². The van der Waals surface area contributed by atoms with Gasteiger partial charge in [-0.05, 0) is 25.7 Å². The summed E-state index contributed by atoms with van der Waals surface area (Å²) in [6.45, 7) is 13.7. The van der Waals surface area contributed by atoms with Crippen LogP contribution in [0, 0.1) is 25.7 Å². The van der Waals surface area contributed by atoms with Crippen LogP contribution in [-0.2, 0) is 25.5 Å². The van der Waals surface area contributed by atoms with E-state index in [-0.39, 0.29) is 30.2 Å². The van der Waals surface area contributed by atoms with E-state index in [4.69, 9.17) is 4.52 Å². The van der Waals surface area contributed by atoms with Crippen molar-refractivity contribution in [3.05, 3.63) is 23.4 Å². The number of hydrogen-bond acceptors (Lipinski definition) is 10. The lowest BCUT2D eigenvalue weighted by atomic mass is 9.96. The van der Waals surface area contributed by atoms with Crippen molar-refractivity contribution < 1.29 is 28.1 Å². The van der Waals surface area contributed by atoms with E-state index in [1.807, 2.05) is 13.8 Å². The van der Waals surface area contributed by atoms with E-state index in [2.05, 4.69) is 55.0 Å². The van der Waals surface area contributed by atoms with Gasteiger partial charge in [-0.25, -0.2) is 0 Å². The molecular formula is C19H32N4O6. The molecule has 0 radical (unpaired) electrons. The minimum absolute atomic E-state index is 0.0390. The van der Waals surface area contributed by atoms with Gasteiger partial charge in [0.15, 0.2) is 11.6 Å². The topological polar surface area (TPSA) is 130 Å². The number of esters is 2. The summed E-state index contributed by atoms with van der Waals surface area (Å²) in [6, 6.07) is 0. The Morgan fingerprint density at radius 2 is 1.41 bits per heavy atom. The molecule has 0 saturated heterocycles. The smallest absolute Gasteiger partial charge is 0.318 e. The highest BCUT2D eigenvalue weighted by atomic mass is 16.5. The number of rotatable bonds is 5. The quantitative estimate of drug-likeness (QED) is 0.675. The predicted octanol–water partition coefficient (Wildman–Crippen LogP) is 3.05. The van der Waals surface area contributed by atoms with Crippen molar-refractivity contribution in [3.8, 4) is 0 Å². The van der Waals surface area contributed by atoms with Gasteiger partial charge >= 0.3 is 11.9 Å². The maximum Gasteiger partial charge on any atom is 0.318 e. The molecule has 0 bridgehead atoms. The van der Waals surface area contributed by atoms with Crippen LogP contribution in [0.15, 0.2) is 9.05 Å². The number of carbonyl (C=O) groups is 2. The van der Waals surface area contributed by atoms with Crippen LogP contribution in [0.25, 0.3) is 0 Å². The molecule has 1 unspecified atom stereocenters. The van der Waals surface area contributed by atoms with Crippen molar-refractivity contribution in [1.82, 2.24) is 20.3 Å². The molecule has 0 aliphatic heterocycles. The van der Waals surface area contributed by atoms with Gasteiger partial charge in [0.25, 0.3) is 0 Å². The zero-order valence-electron chi connectivity index (χ0n) is 18.7. The van der Waals surface area contributed by atoms with Gasteiger partial charge in [0.05, 0.1) is 14.2 Å². The molecule has 2 aromatic rings. The molecule has 0 aliphatic carbocycles. The highest BCUT2D eigenvalue weighted by Crippen LogP contribution is 2.23. The van der Waals surface area contributed by atoms with Crippen LogP contribution in [-0.4, -0.2) is 46.4 Å². The van der Waals surface area contributed by atoms with Gasteiger partial charge in [-0.15, -0.1) is 0 Å². The van der Waals surface area contributed by atoms with E-state index < -0.39 is 5.92 Å². The first-order valence-electron chi connectivity index (χ1n) is 9.25. The van der Waals surface area contributed by atoms with Gasteiger partial charge in [-0.3, -0.25) is 9.59 Å². The van der Waals surface area contributed by atoms with E-state index in [9.17, 15) is 9.59 Å². The summed E-state index contributed by atoms with van der Waals surface area (Å²) in [5.74, 6) is 1.36. The third kappa shape index (κ3) is 11.0. The average molecular weight is 412 g/mol. The number of aryl methyl sites for hydroxylation is 2. The van der Waals surface area contributed by atoms with Crippen molar-refractivity contribution in [2.24, 2.45) is 11.8 Å². The Labute approximate surface area is 171 Å². The van der Waals surface area contributed by atoms with Crippen molar-refractivity contribution in [2.45, 2.75) is 60.8 Å². The lowest BCUT2D eigenvalue weighted by molar-refractivity contribution is -0.144. The second kappa shape index (κ2) is 13.4. The Hall–Kier alpha value is -2.78. The van der Waals surface area contributed by atoms with Crippen molar-refractivity contribution in [2.75, 3.05) is 14.2 Å². The standard InChI is InChI=1S/C9H14N2O3.C6H8N2O3.C4H10/c1-5(2)7(9(12)13-4)8-10-6(3)11-14-8;1-4-7-5(11-8-4)3-6(9)10-2;1-4(2)3/h5,7H,1-4H3;3H2,1-2H3;4H,1-3H3. The molecule has 0 aliphatic rings. The normalized spacial score (nSPS) is 11.1. The van der Waals surface area contributed by atoms with Gasteiger partial charge in [0.2, 0.25) is 11.8 Å². The first kappa shape index (κ1) is 26.2. The number of carbonyl (C=O) groups excluding carboxylic acids is 2. The van der Waals surface area contributed by atoms with Crippen molar-refractivity contribution in [1.29, 1.82) is 0 Å². The zero-order valence-corrected chi connectivity index (χ0v) is 18.7. The Morgan fingerprint density at radius 3 is 1.76 bits per heavy atom. The van der Waals surface area contributed by atoms with Gasteiger partial charge in [-0.1, -0.05) is 44.9 Å². The van der Waals surface area contributed by atoms with E-state index in [0.717, 1.165) is 5.92 Å². The van der Waals surface area contributed by atoms with Crippen LogP contribution < -0.4 is 0 Å². The number of hydrogen-bond donors (Lipinski definition) is 0. The summed E-state index contributed by atoms with van der Waals surface area (Å²) in [5, 5.41) is 7.15. The summed E-state index contributed by atoms with van der Waals surface area (Å²) in [7, 11) is 2.66. The maximum absolute atomic E-state index is 11.4. The van der Waals surface area contributed by atoms with E-state index >= 15 is 0 Å². The molecule has 1 atom stereocenters. The molecule has 0 spiro atoms. The van der Waals surface area contributed by atoms with Gasteiger partial charge in [-0.2, -0.15) is 9.97 Å². The first-order valence-corrected chi connectivity index (χ1v) is 9.25. The predicted molar refractivity (Wildman–Crippen MR) is 104 cm³/mol. The average Bonchev–Trinajstić information content (AvgIpc) is 3.22. The molecule has 10 heteroatoms. The summed E-state index contributed by atoms with van der Waals surface area (Å²) < 4.78 is 18.7. The van der Waals surface area contributed by atoms with Crippen LogP contribution in [0.3, 0.4) is 0 Å². The third-order valence-electron chi connectivity index (χ3n) is 3.02. The van der Waals surface area contributed by atoms with Crippen LogP contribution in [0.4, 0.5) is 0 Å². The molecule has 29 heavy (non-hydrogen) atoms.